The Balaban J connectivity index is 2.17. The summed E-state index contributed by atoms with van der Waals surface area (Å²) >= 11 is 6.07. The third-order valence-corrected chi connectivity index (χ3v) is 5.93. The smallest absolute Gasteiger partial charge is 0.416 e. The Morgan fingerprint density at radius 2 is 1.30 bits per heavy atom. The monoisotopic (exact) mass is 599 g/mol. The number of hydrogen-bond acceptors (Lipinski definition) is 3. The molecule has 1 amide bonds. The normalized spacial score (nSPS) is 12.3. The average Bonchev–Trinajstić information content (AvgIpc) is 2.86. The van der Waals surface area contributed by atoms with Gasteiger partial charge in [0.2, 0.25) is 0 Å². The van der Waals surface area contributed by atoms with Gasteiger partial charge in [-0.05, 0) is 65.2 Å². The molecule has 216 valence electrons. The topological polar surface area (TPSA) is 38.8 Å². The van der Waals surface area contributed by atoms with Crippen LogP contribution >= 0.6 is 11.6 Å². The molecule has 0 radical (unpaired) electrons. The molecule has 0 aliphatic heterocycles. The van der Waals surface area contributed by atoms with Crippen molar-refractivity contribution in [1.29, 1.82) is 0 Å². The molecule has 0 N–H and O–H groups in total. The van der Waals surface area contributed by atoms with Crippen LogP contribution in [0.5, 0.6) is 5.75 Å². The number of rotatable bonds is 6. The summed E-state index contributed by atoms with van der Waals surface area (Å²) in [6.07, 6.45) is -16.3. The highest BCUT2D eigenvalue weighted by molar-refractivity contribution is 6.31. The first kappa shape index (κ1) is 30.9. The number of carbonyl (C=O) groups excluding carboxylic acids is 1. The minimum absolute atomic E-state index is 0.0810. The first-order chi connectivity index (χ1) is 18.4. The Labute approximate surface area is 226 Å². The van der Waals surface area contributed by atoms with Crippen LogP contribution in [0.25, 0.3) is 11.1 Å². The van der Waals surface area contributed by atoms with Crippen LogP contribution < -0.4 is 4.74 Å². The molecule has 3 rings (SSSR count). The molecule has 0 unspecified atom stereocenters. The summed E-state index contributed by atoms with van der Waals surface area (Å²) in [6, 6.07) is 7.60. The van der Waals surface area contributed by atoms with Gasteiger partial charge in [0.05, 0.1) is 30.9 Å². The van der Waals surface area contributed by atoms with Crippen LogP contribution in [0, 0.1) is 0 Å². The third-order valence-electron chi connectivity index (χ3n) is 5.70. The standard InChI is InChI=1S/C26H19ClF9NO3/c1-39-22-6-4-19(27)11-21(22)20-5-3-16(24(28,29)30)9-15(20)13-37(23(38)40-2)12-14-7-17(25(31,32)33)10-18(8-14)26(34,35)36/h3-11H,12-13H2,1-2H3. The number of amides is 1. The average molecular weight is 600 g/mol. The maximum Gasteiger partial charge on any atom is 0.416 e. The van der Waals surface area contributed by atoms with E-state index >= 15 is 0 Å². The predicted molar refractivity (Wildman–Crippen MR) is 127 cm³/mol. The molecule has 0 fully saturated rings. The Kier molecular flexibility index (Phi) is 8.87. The quantitative estimate of drug-likeness (QED) is 0.266. The summed E-state index contributed by atoms with van der Waals surface area (Å²) in [6.45, 7) is -1.55. The molecule has 4 nitrogen and oxygen atoms in total. The SMILES string of the molecule is COC(=O)N(Cc1cc(C(F)(F)F)cc(C(F)(F)F)c1)Cc1cc(C(F)(F)F)ccc1-c1cc(Cl)ccc1OC. The van der Waals surface area contributed by atoms with Gasteiger partial charge in [-0.25, -0.2) is 4.79 Å². The van der Waals surface area contributed by atoms with Crippen LogP contribution in [0.4, 0.5) is 44.3 Å². The number of methoxy groups -OCH3 is 2. The van der Waals surface area contributed by atoms with Gasteiger partial charge in [-0.15, -0.1) is 0 Å². The maximum atomic E-state index is 13.6. The van der Waals surface area contributed by atoms with E-state index in [-0.39, 0.29) is 33.5 Å². The van der Waals surface area contributed by atoms with Crippen molar-refractivity contribution < 1.29 is 53.8 Å². The number of benzene rings is 3. The largest absolute Gasteiger partial charge is 0.496 e. The first-order valence-electron chi connectivity index (χ1n) is 11.1. The first-order valence-corrected chi connectivity index (χ1v) is 11.5. The van der Waals surface area contributed by atoms with E-state index in [1.165, 1.54) is 25.3 Å². The van der Waals surface area contributed by atoms with E-state index in [0.717, 1.165) is 19.2 Å². The lowest BCUT2D eigenvalue weighted by molar-refractivity contribution is -0.143. The molecule has 40 heavy (non-hydrogen) atoms. The fourth-order valence-electron chi connectivity index (χ4n) is 3.91. The van der Waals surface area contributed by atoms with E-state index in [2.05, 4.69) is 4.74 Å². The zero-order chi connectivity index (χ0) is 30.0. The third kappa shape index (κ3) is 7.32. The summed E-state index contributed by atoms with van der Waals surface area (Å²) < 4.78 is 131. The molecule has 0 aliphatic rings. The van der Waals surface area contributed by atoms with Crippen LogP contribution in [0.1, 0.15) is 27.8 Å². The van der Waals surface area contributed by atoms with Crippen molar-refractivity contribution in [3.63, 3.8) is 0 Å². The molecule has 0 saturated carbocycles. The van der Waals surface area contributed by atoms with Crippen LogP contribution in [0.15, 0.2) is 54.6 Å². The Hall–Kier alpha value is -3.61. The van der Waals surface area contributed by atoms with E-state index in [4.69, 9.17) is 16.3 Å². The van der Waals surface area contributed by atoms with Gasteiger partial charge in [-0.2, -0.15) is 39.5 Å². The molecule has 0 aliphatic carbocycles. The fourth-order valence-corrected chi connectivity index (χ4v) is 4.08. The number of alkyl halides is 9. The highest BCUT2D eigenvalue weighted by atomic mass is 35.5. The van der Waals surface area contributed by atoms with Crippen molar-refractivity contribution in [2.45, 2.75) is 31.6 Å². The van der Waals surface area contributed by atoms with Gasteiger partial charge in [0.1, 0.15) is 5.75 Å². The van der Waals surface area contributed by atoms with Gasteiger partial charge in [0.15, 0.2) is 0 Å². The van der Waals surface area contributed by atoms with E-state index in [9.17, 15) is 44.3 Å². The van der Waals surface area contributed by atoms with Crippen LogP contribution in [0.3, 0.4) is 0 Å². The zero-order valence-corrected chi connectivity index (χ0v) is 21.3. The molecule has 0 heterocycles. The van der Waals surface area contributed by atoms with E-state index in [1.54, 1.807) is 0 Å². The van der Waals surface area contributed by atoms with Gasteiger partial charge in [-0.1, -0.05) is 17.7 Å². The lowest BCUT2D eigenvalue weighted by atomic mass is 9.96. The van der Waals surface area contributed by atoms with Crippen molar-refractivity contribution in [3.8, 4) is 16.9 Å². The maximum absolute atomic E-state index is 13.6. The lowest BCUT2D eigenvalue weighted by Crippen LogP contribution is -2.30. The number of carbonyl (C=O) groups is 1. The molecule has 0 spiro atoms. The minimum atomic E-state index is -5.15. The van der Waals surface area contributed by atoms with E-state index in [0.29, 0.717) is 23.1 Å². The van der Waals surface area contributed by atoms with Gasteiger partial charge in [0.25, 0.3) is 0 Å². The molecular formula is C26H19ClF9NO3. The Morgan fingerprint density at radius 3 is 1.80 bits per heavy atom. The Bertz CT molecular complexity index is 1350. The van der Waals surface area contributed by atoms with Crippen LogP contribution in [-0.2, 0) is 36.4 Å². The molecule has 0 aromatic heterocycles. The van der Waals surface area contributed by atoms with E-state index < -0.39 is 60.0 Å². The fraction of sp³-hybridized carbons (Fsp3) is 0.269. The molecular weight excluding hydrogens is 581 g/mol. The van der Waals surface area contributed by atoms with E-state index in [1.807, 2.05) is 0 Å². The van der Waals surface area contributed by atoms with Gasteiger partial charge in [-0.3, -0.25) is 4.90 Å². The van der Waals surface area contributed by atoms with Crippen LogP contribution in [-0.4, -0.2) is 25.2 Å². The van der Waals surface area contributed by atoms with Crippen molar-refractivity contribution >= 4 is 17.7 Å². The van der Waals surface area contributed by atoms with Crippen molar-refractivity contribution in [3.05, 3.63) is 87.4 Å². The summed E-state index contributed by atoms with van der Waals surface area (Å²) in [5, 5.41) is 0.190. The van der Waals surface area contributed by atoms with Gasteiger partial charge in [0, 0.05) is 23.7 Å². The number of halogens is 10. The highest BCUT2D eigenvalue weighted by Gasteiger charge is 2.37. The molecule has 3 aromatic carbocycles. The van der Waals surface area contributed by atoms with Gasteiger partial charge < -0.3 is 9.47 Å². The van der Waals surface area contributed by atoms with Gasteiger partial charge >= 0.3 is 24.6 Å². The second kappa shape index (κ2) is 11.5. The van der Waals surface area contributed by atoms with Crippen molar-refractivity contribution in [2.24, 2.45) is 0 Å². The molecule has 0 bridgehead atoms. The Morgan fingerprint density at radius 1 is 0.725 bits per heavy atom. The molecule has 0 atom stereocenters. The summed E-state index contributed by atoms with van der Waals surface area (Å²) in [5.41, 5.74) is -4.76. The van der Waals surface area contributed by atoms with Crippen molar-refractivity contribution in [2.75, 3.05) is 14.2 Å². The van der Waals surface area contributed by atoms with Crippen LogP contribution in [0.2, 0.25) is 5.02 Å². The second-order valence-corrected chi connectivity index (χ2v) is 8.89. The molecule has 3 aromatic rings. The zero-order valence-electron chi connectivity index (χ0n) is 20.6. The van der Waals surface area contributed by atoms with Crippen molar-refractivity contribution in [1.82, 2.24) is 4.90 Å². The summed E-state index contributed by atoms with van der Waals surface area (Å²) in [7, 11) is 2.19. The summed E-state index contributed by atoms with van der Waals surface area (Å²) in [4.78, 5) is 13.3. The summed E-state index contributed by atoms with van der Waals surface area (Å²) in [5.74, 6) is 0.197. The lowest BCUT2D eigenvalue weighted by Gasteiger charge is -2.25. The number of hydrogen-bond donors (Lipinski definition) is 0. The number of ether oxygens (including phenoxy) is 2. The second-order valence-electron chi connectivity index (χ2n) is 8.45. The predicted octanol–water partition coefficient (Wildman–Crippen LogP) is 8.84. The number of nitrogens with zero attached hydrogens (tertiary/aromatic N) is 1. The molecule has 0 saturated heterocycles. The highest BCUT2D eigenvalue weighted by Crippen LogP contribution is 2.40. The molecule has 14 heteroatoms. The minimum Gasteiger partial charge on any atom is -0.496 e.